The molecule has 1 fully saturated rings. The van der Waals surface area contributed by atoms with Crippen LogP contribution in [0.1, 0.15) is 33.6 Å². The fraction of sp³-hybridized carbons (Fsp3) is 0.269. The second-order valence-electron chi connectivity index (χ2n) is 8.15. The Hall–Kier alpha value is -3.85. The van der Waals surface area contributed by atoms with Crippen LogP contribution in [-0.4, -0.2) is 55.5 Å². The van der Waals surface area contributed by atoms with Gasteiger partial charge in [0.2, 0.25) is 0 Å². The summed E-state index contributed by atoms with van der Waals surface area (Å²) in [5.74, 6) is 0.722. The minimum Gasteiger partial charge on any atom is -0.497 e. The van der Waals surface area contributed by atoms with Crippen molar-refractivity contribution in [2.75, 3.05) is 32.1 Å². The molecule has 3 amide bonds. The lowest BCUT2D eigenvalue weighted by Gasteiger charge is -2.32. The number of carbonyl (C=O) groups is 3. The van der Waals surface area contributed by atoms with E-state index in [1.807, 2.05) is 10.8 Å². The summed E-state index contributed by atoms with van der Waals surface area (Å²) in [4.78, 5) is 39.1. The monoisotopic (exact) mass is 493 g/mol. The van der Waals surface area contributed by atoms with Gasteiger partial charge in [-0.05, 0) is 60.7 Å². The molecule has 1 aliphatic rings. The van der Waals surface area contributed by atoms with E-state index in [4.69, 9.17) is 9.47 Å². The van der Waals surface area contributed by atoms with Gasteiger partial charge in [0, 0.05) is 47.4 Å². The van der Waals surface area contributed by atoms with Crippen molar-refractivity contribution in [2.45, 2.75) is 18.9 Å². The third-order valence-electron chi connectivity index (χ3n) is 5.73. The normalized spacial score (nSPS) is 13.7. The number of nitrogens with one attached hydrogen (secondary N) is 2. The molecule has 9 heteroatoms. The standard InChI is InChI=1S/C26H27N3O5S/c1-33-23-4-2-3-21(15-23)27-24(30)16-34-22-7-5-18(6-8-22)26(32)29-12-9-20(10-13-29)28-25(31)19-11-14-35-17-19/h2-8,11,14-15,17,20H,9-10,12-13,16H2,1H3,(H,27,30)(H,28,31). The lowest BCUT2D eigenvalue weighted by atomic mass is 10.0. The van der Waals surface area contributed by atoms with Crippen LogP contribution < -0.4 is 20.1 Å². The Bertz CT molecular complexity index is 1160. The molecule has 1 aromatic heterocycles. The van der Waals surface area contributed by atoms with Gasteiger partial charge in [-0.15, -0.1) is 0 Å². The van der Waals surface area contributed by atoms with Crippen molar-refractivity contribution in [1.82, 2.24) is 10.2 Å². The summed E-state index contributed by atoms with van der Waals surface area (Å²) in [5.41, 5.74) is 1.85. The first-order chi connectivity index (χ1) is 17.0. The highest BCUT2D eigenvalue weighted by Gasteiger charge is 2.25. The third kappa shape index (κ3) is 6.60. The van der Waals surface area contributed by atoms with Crippen LogP contribution in [0, 0.1) is 0 Å². The summed E-state index contributed by atoms with van der Waals surface area (Å²) in [7, 11) is 1.56. The van der Waals surface area contributed by atoms with E-state index in [-0.39, 0.29) is 30.4 Å². The van der Waals surface area contributed by atoms with E-state index in [2.05, 4.69) is 10.6 Å². The molecule has 35 heavy (non-hydrogen) atoms. The molecule has 8 nitrogen and oxygen atoms in total. The molecule has 2 heterocycles. The Morgan fingerprint density at radius 3 is 2.46 bits per heavy atom. The van der Waals surface area contributed by atoms with Crippen LogP contribution in [0.25, 0.3) is 0 Å². The van der Waals surface area contributed by atoms with E-state index in [1.54, 1.807) is 66.6 Å². The molecular formula is C26H27N3O5S. The van der Waals surface area contributed by atoms with Gasteiger partial charge in [-0.25, -0.2) is 0 Å². The number of amides is 3. The molecular weight excluding hydrogens is 466 g/mol. The fourth-order valence-electron chi connectivity index (χ4n) is 3.81. The van der Waals surface area contributed by atoms with E-state index >= 15 is 0 Å². The van der Waals surface area contributed by atoms with E-state index < -0.39 is 0 Å². The topological polar surface area (TPSA) is 97.0 Å². The van der Waals surface area contributed by atoms with Crippen molar-refractivity contribution in [3.8, 4) is 11.5 Å². The predicted octanol–water partition coefficient (Wildman–Crippen LogP) is 3.81. The fourth-order valence-corrected chi connectivity index (χ4v) is 4.45. The lowest BCUT2D eigenvalue weighted by Crippen LogP contribution is -2.46. The zero-order valence-corrected chi connectivity index (χ0v) is 20.2. The first kappa shape index (κ1) is 24.3. The number of methoxy groups -OCH3 is 1. The summed E-state index contributed by atoms with van der Waals surface area (Å²) in [6.45, 7) is 1.00. The maximum atomic E-state index is 12.9. The summed E-state index contributed by atoms with van der Waals surface area (Å²) in [6, 6.07) is 15.7. The zero-order chi connectivity index (χ0) is 24.6. The number of nitrogens with zero attached hydrogens (tertiary/aromatic N) is 1. The molecule has 182 valence electrons. The van der Waals surface area contributed by atoms with Crippen LogP contribution in [0.2, 0.25) is 0 Å². The molecule has 0 atom stereocenters. The number of likely N-dealkylation sites (tertiary alicyclic amines) is 1. The van der Waals surface area contributed by atoms with Gasteiger partial charge in [0.25, 0.3) is 17.7 Å². The molecule has 0 bridgehead atoms. The first-order valence-electron chi connectivity index (χ1n) is 11.3. The van der Waals surface area contributed by atoms with Gasteiger partial charge in [-0.2, -0.15) is 11.3 Å². The van der Waals surface area contributed by atoms with Gasteiger partial charge in [0.1, 0.15) is 11.5 Å². The van der Waals surface area contributed by atoms with E-state index in [0.717, 1.165) is 0 Å². The minimum absolute atomic E-state index is 0.0603. The second kappa shape index (κ2) is 11.5. The summed E-state index contributed by atoms with van der Waals surface area (Å²) >= 11 is 1.49. The Labute approximate surface area is 207 Å². The highest BCUT2D eigenvalue weighted by Crippen LogP contribution is 2.19. The largest absolute Gasteiger partial charge is 0.497 e. The summed E-state index contributed by atoms with van der Waals surface area (Å²) < 4.78 is 10.7. The van der Waals surface area contributed by atoms with E-state index in [0.29, 0.717) is 54.2 Å². The van der Waals surface area contributed by atoms with Crippen molar-refractivity contribution in [3.05, 3.63) is 76.5 Å². The molecule has 0 saturated carbocycles. The molecule has 0 spiro atoms. The maximum Gasteiger partial charge on any atom is 0.262 e. The molecule has 2 N–H and O–H groups in total. The maximum absolute atomic E-state index is 12.9. The molecule has 0 unspecified atom stereocenters. The first-order valence-corrected chi connectivity index (χ1v) is 12.2. The Morgan fingerprint density at radius 1 is 1.00 bits per heavy atom. The smallest absolute Gasteiger partial charge is 0.262 e. The lowest BCUT2D eigenvalue weighted by molar-refractivity contribution is -0.118. The quantitative estimate of drug-likeness (QED) is 0.498. The molecule has 4 rings (SSSR count). The van der Waals surface area contributed by atoms with Gasteiger partial charge in [-0.3, -0.25) is 14.4 Å². The number of hydrogen-bond acceptors (Lipinski definition) is 6. The SMILES string of the molecule is COc1cccc(NC(=O)COc2ccc(C(=O)N3CCC(NC(=O)c4ccsc4)CC3)cc2)c1. The molecule has 3 aromatic rings. The van der Waals surface area contributed by atoms with E-state index in [9.17, 15) is 14.4 Å². The highest BCUT2D eigenvalue weighted by molar-refractivity contribution is 7.08. The number of carbonyl (C=O) groups excluding carboxylic acids is 3. The molecule has 2 aromatic carbocycles. The number of ether oxygens (including phenoxy) is 2. The van der Waals surface area contributed by atoms with Gasteiger partial charge < -0.3 is 25.0 Å². The summed E-state index contributed by atoms with van der Waals surface area (Å²) in [6.07, 6.45) is 1.43. The molecule has 0 radical (unpaired) electrons. The van der Waals surface area contributed by atoms with E-state index in [1.165, 1.54) is 11.3 Å². The Morgan fingerprint density at radius 2 is 1.77 bits per heavy atom. The van der Waals surface area contributed by atoms with Crippen LogP contribution in [-0.2, 0) is 4.79 Å². The van der Waals surface area contributed by atoms with Crippen LogP contribution in [0.15, 0.2) is 65.4 Å². The van der Waals surface area contributed by atoms with Crippen LogP contribution in [0.4, 0.5) is 5.69 Å². The number of rotatable bonds is 8. The molecule has 0 aliphatic carbocycles. The summed E-state index contributed by atoms with van der Waals surface area (Å²) in [5, 5.41) is 9.50. The van der Waals surface area contributed by atoms with Crippen molar-refractivity contribution < 1.29 is 23.9 Å². The van der Waals surface area contributed by atoms with Crippen molar-refractivity contribution >= 4 is 34.7 Å². The van der Waals surface area contributed by atoms with Crippen molar-refractivity contribution in [3.63, 3.8) is 0 Å². The van der Waals surface area contributed by atoms with Crippen LogP contribution in [0.3, 0.4) is 0 Å². The third-order valence-corrected chi connectivity index (χ3v) is 6.41. The minimum atomic E-state index is -0.299. The van der Waals surface area contributed by atoms with Gasteiger partial charge in [0.15, 0.2) is 6.61 Å². The number of benzene rings is 2. The predicted molar refractivity (Wildman–Crippen MR) is 134 cm³/mol. The number of piperidine rings is 1. The van der Waals surface area contributed by atoms with Crippen molar-refractivity contribution in [2.24, 2.45) is 0 Å². The molecule has 1 saturated heterocycles. The van der Waals surface area contributed by atoms with Crippen LogP contribution in [0.5, 0.6) is 11.5 Å². The highest BCUT2D eigenvalue weighted by atomic mass is 32.1. The second-order valence-corrected chi connectivity index (χ2v) is 8.93. The van der Waals surface area contributed by atoms with Gasteiger partial charge in [0.05, 0.1) is 7.11 Å². The Balaban J connectivity index is 1.22. The van der Waals surface area contributed by atoms with Crippen molar-refractivity contribution in [1.29, 1.82) is 0 Å². The van der Waals surface area contributed by atoms with Crippen LogP contribution >= 0.6 is 11.3 Å². The zero-order valence-electron chi connectivity index (χ0n) is 19.4. The number of anilines is 1. The number of hydrogen-bond donors (Lipinski definition) is 2. The van der Waals surface area contributed by atoms with Gasteiger partial charge in [-0.1, -0.05) is 6.07 Å². The van der Waals surface area contributed by atoms with Gasteiger partial charge >= 0.3 is 0 Å². The number of thiophene rings is 1. The molecule has 1 aliphatic heterocycles. The average molecular weight is 494 g/mol. The average Bonchev–Trinajstić information content (AvgIpc) is 3.43. The Kier molecular flexibility index (Phi) is 7.99.